The molecule has 0 amide bonds. The molecule has 48 heavy (non-hydrogen) atoms. The largest absolute Gasteiger partial charge is 0.494 e. The molecule has 252 valence electrons. The van der Waals surface area contributed by atoms with E-state index in [9.17, 15) is 23.1 Å². The third-order valence-electron chi connectivity index (χ3n) is 9.13. The smallest absolute Gasteiger partial charge is 0.429 e. The minimum Gasteiger partial charge on any atom is -0.494 e. The van der Waals surface area contributed by atoms with E-state index in [2.05, 4.69) is 15.3 Å². The first-order valence-electron chi connectivity index (χ1n) is 16.1. The first-order valence-corrected chi connectivity index (χ1v) is 16.1. The lowest BCUT2D eigenvalue weighted by atomic mass is 9.76. The summed E-state index contributed by atoms with van der Waals surface area (Å²) in [4.78, 5) is 21.7. The highest BCUT2D eigenvalue weighted by Crippen LogP contribution is 2.44. The third-order valence-corrected chi connectivity index (χ3v) is 9.13. The molecule has 6 rings (SSSR count). The number of alkyl halides is 3. The van der Waals surface area contributed by atoms with Crippen molar-refractivity contribution in [2.75, 3.05) is 36.9 Å². The zero-order valence-corrected chi connectivity index (χ0v) is 26.5. The van der Waals surface area contributed by atoms with Gasteiger partial charge in [-0.25, -0.2) is 0 Å². The monoisotopic (exact) mass is 661 g/mol. The number of halogens is 3. The van der Waals surface area contributed by atoms with Gasteiger partial charge in [0.15, 0.2) is 0 Å². The van der Waals surface area contributed by atoms with E-state index in [-0.39, 0.29) is 22.8 Å². The van der Waals surface area contributed by atoms with E-state index in [1.165, 1.54) is 12.1 Å². The van der Waals surface area contributed by atoms with Crippen LogP contribution in [0.2, 0.25) is 0 Å². The van der Waals surface area contributed by atoms with Crippen molar-refractivity contribution in [2.24, 2.45) is 5.41 Å². The average molecular weight is 662 g/mol. The second kappa shape index (κ2) is 13.7. The molecular weight excluding hydrogens is 623 g/mol. The van der Waals surface area contributed by atoms with Gasteiger partial charge in [0.1, 0.15) is 17.6 Å². The molecule has 3 aromatic carbocycles. The Kier molecular flexibility index (Phi) is 9.45. The third kappa shape index (κ3) is 7.33. The summed E-state index contributed by atoms with van der Waals surface area (Å²) in [5, 5.41) is 12.5. The summed E-state index contributed by atoms with van der Waals surface area (Å²) in [6.45, 7) is 4.30. The number of aliphatic carboxylic acids is 1. The molecule has 2 fully saturated rings. The van der Waals surface area contributed by atoms with E-state index in [1.807, 2.05) is 36.1 Å². The second-order valence-corrected chi connectivity index (χ2v) is 12.5. The first-order chi connectivity index (χ1) is 23.0. The highest BCUT2D eigenvalue weighted by atomic mass is 19.4. The molecule has 9 nitrogen and oxygen atoms in total. The molecule has 0 bridgehead atoms. The zero-order chi connectivity index (χ0) is 33.9. The van der Waals surface area contributed by atoms with Gasteiger partial charge >= 0.3 is 12.1 Å². The van der Waals surface area contributed by atoms with Gasteiger partial charge in [-0.1, -0.05) is 61.5 Å². The van der Waals surface area contributed by atoms with Gasteiger partial charge in [0, 0.05) is 31.3 Å². The van der Waals surface area contributed by atoms with E-state index >= 15 is 0 Å². The molecule has 2 atom stereocenters. The number of nitrogen functional groups attached to an aromatic ring is 1. The van der Waals surface area contributed by atoms with Crippen LogP contribution in [0.15, 0.2) is 78.9 Å². The normalized spacial score (nSPS) is 18.1. The number of anilines is 2. The van der Waals surface area contributed by atoms with Gasteiger partial charge in [-0.05, 0) is 71.6 Å². The predicted octanol–water partition coefficient (Wildman–Crippen LogP) is 6.90. The van der Waals surface area contributed by atoms with E-state index in [1.54, 1.807) is 42.5 Å². The Morgan fingerprint density at radius 3 is 2.38 bits per heavy atom. The maximum Gasteiger partial charge on any atom is 0.429 e. The van der Waals surface area contributed by atoms with Crippen molar-refractivity contribution >= 4 is 17.7 Å². The quantitative estimate of drug-likeness (QED) is 0.167. The maximum atomic E-state index is 14.9. The molecule has 12 heteroatoms. The fourth-order valence-corrected chi connectivity index (χ4v) is 6.56. The Labute approximate surface area is 276 Å². The summed E-state index contributed by atoms with van der Waals surface area (Å²) in [5.41, 5.74) is 8.33. The number of carboxylic acid groups (broad SMARTS) is 1. The molecule has 1 aromatic heterocycles. The number of nitrogens with one attached hydrogen (secondary N) is 1. The Hall–Kier alpha value is -4.84. The van der Waals surface area contributed by atoms with Crippen molar-refractivity contribution in [1.82, 2.24) is 15.3 Å². The van der Waals surface area contributed by atoms with Crippen LogP contribution in [0.1, 0.15) is 44.3 Å². The van der Waals surface area contributed by atoms with Gasteiger partial charge < -0.3 is 30.5 Å². The number of carbonyl (C=O) groups is 1. The Morgan fingerprint density at radius 2 is 1.73 bits per heavy atom. The molecule has 3 heterocycles. The maximum absolute atomic E-state index is 14.9. The minimum absolute atomic E-state index is 0.0688. The molecule has 1 unspecified atom stereocenters. The molecule has 2 aliphatic rings. The highest BCUT2D eigenvalue weighted by Gasteiger charge is 2.46. The van der Waals surface area contributed by atoms with Crippen molar-refractivity contribution in [3.63, 3.8) is 0 Å². The summed E-state index contributed by atoms with van der Waals surface area (Å²) in [7, 11) is 0. The number of carboxylic acids is 1. The van der Waals surface area contributed by atoms with Gasteiger partial charge in [-0.15, -0.1) is 0 Å². The van der Waals surface area contributed by atoms with Crippen LogP contribution in [0.5, 0.6) is 11.6 Å². The molecule has 1 spiro atoms. The number of aromatic nitrogens is 2. The summed E-state index contributed by atoms with van der Waals surface area (Å²) < 4.78 is 56.1. The molecule has 4 aromatic rings. The molecule has 4 N–H and O–H groups in total. The zero-order valence-electron chi connectivity index (χ0n) is 26.5. The van der Waals surface area contributed by atoms with Crippen molar-refractivity contribution in [3.8, 4) is 33.9 Å². The van der Waals surface area contributed by atoms with E-state index in [4.69, 9.17) is 15.2 Å². The highest BCUT2D eigenvalue weighted by molar-refractivity contribution is 5.76. The van der Waals surface area contributed by atoms with Crippen LogP contribution in [-0.2, 0) is 4.79 Å². The Bertz CT molecular complexity index is 1730. The standard InChI is InChI=1S/C36H38F3N5O4/c1-2-18-47-26-11-8-23(9-12-26)25-10-13-27(28(19-25)24-6-4-3-5-7-24)32(36(37,38)39)48-31-20-30(42-34(40)43-31)44-16-14-35(15-17-44)21-29(33(45)46)41-22-35/h3-13,19-20,29,32,41H,2,14-18,21-22H2,1H3,(H,45,46)(H2,40,42,43)/t29?,32-/m1/s1. The summed E-state index contributed by atoms with van der Waals surface area (Å²) in [5.74, 6) is -0.281. The number of nitrogens with zero attached hydrogens (tertiary/aromatic N) is 3. The lowest BCUT2D eigenvalue weighted by Gasteiger charge is -2.39. The molecular formula is C36H38F3N5O4. The molecule has 0 aliphatic carbocycles. The summed E-state index contributed by atoms with van der Waals surface area (Å²) >= 11 is 0. The summed E-state index contributed by atoms with van der Waals surface area (Å²) in [6.07, 6.45) is -4.33. The van der Waals surface area contributed by atoms with Crippen molar-refractivity contribution < 1.29 is 32.5 Å². The van der Waals surface area contributed by atoms with E-state index in [0.29, 0.717) is 62.4 Å². The Balaban J connectivity index is 1.29. The van der Waals surface area contributed by atoms with Crippen molar-refractivity contribution in [3.05, 3.63) is 84.4 Å². The molecule has 0 saturated carbocycles. The van der Waals surface area contributed by atoms with Crippen LogP contribution in [0.3, 0.4) is 0 Å². The minimum atomic E-state index is -4.79. The van der Waals surface area contributed by atoms with Crippen LogP contribution in [0.25, 0.3) is 22.3 Å². The predicted molar refractivity (Wildman–Crippen MR) is 177 cm³/mol. The lowest BCUT2D eigenvalue weighted by molar-refractivity contribution is -0.198. The first kappa shape index (κ1) is 33.1. The molecule has 2 aliphatic heterocycles. The number of hydrogen-bond donors (Lipinski definition) is 3. The second-order valence-electron chi connectivity index (χ2n) is 12.5. The number of benzene rings is 3. The van der Waals surface area contributed by atoms with Crippen LogP contribution in [0, 0.1) is 5.41 Å². The molecule has 0 radical (unpaired) electrons. The number of ether oxygens (including phenoxy) is 2. The number of hydrogen-bond acceptors (Lipinski definition) is 8. The average Bonchev–Trinajstić information content (AvgIpc) is 3.50. The number of nitrogens with two attached hydrogens (primary N) is 1. The number of rotatable bonds is 10. The van der Waals surface area contributed by atoms with E-state index < -0.39 is 24.3 Å². The molecule has 2 saturated heterocycles. The summed E-state index contributed by atoms with van der Waals surface area (Å²) in [6, 6.07) is 22.0. The van der Waals surface area contributed by atoms with Crippen LogP contribution < -0.4 is 25.4 Å². The topological polar surface area (TPSA) is 123 Å². The van der Waals surface area contributed by atoms with Crippen LogP contribution >= 0.6 is 0 Å². The van der Waals surface area contributed by atoms with Crippen LogP contribution in [0.4, 0.5) is 24.9 Å². The van der Waals surface area contributed by atoms with Gasteiger partial charge in [0.2, 0.25) is 17.9 Å². The van der Waals surface area contributed by atoms with Crippen molar-refractivity contribution in [2.45, 2.75) is 50.9 Å². The fourth-order valence-electron chi connectivity index (χ4n) is 6.56. The van der Waals surface area contributed by atoms with Gasteiger partial charge in [-0.3, -0.25) is 4.79 Å². The number of piperidine rings is 1. The lowest BCUT2D eigenvalue weighted by Crippen LogP contribution is -2.41. The van der Waals surface area contributed by atoms with Crippen LogP contribution in [-0.4, -0.2) is 59.5 Å². The van der Waals surface area contributed by atoms with Gasteiger partial charge in [0.05, 0.1) is 6.61 Å². The van der Waals surface area contributed by atoms with E-state index in [0.717, 1.165) is 23.3 Å². The van der Waals surface area contributed by atoms with Crippen molar-refractivity contribution in [1.29, 1.82) is 0 Å². The fraction of sp³-hybridized carbons (Fsp3) is 0.361. The Morgan fingerprint density at radius 1 is 1.02 bits per heavy atom. The van der Waals surface area contributed by atoms with Gasteiger partial charge in [-0.2, -0.15) is 23.1 Å². The SMILES string of the molecule is CCCOc1ccc(-c2ccc([C@@H](Oc3cc(N4CCC5(CC4)CNC(C(=O)O)C5)nc(N)n3)C(F)(F)F)c(-c3ccccc3)c2)cc1. The van der Waals surface area contributed by atoms with Gasteiger partial charge in [0.25, 0.3) is 0 Å².